The Labute approximate surface area is 154 Å². The van der Waals surface area contributed by atoms with E-state index in [4.69, 9.17) is 0 Å². The molecule has 0 unspecified atom stereocenters. The standard InChI is InChI=1S/C22H26F2N2/c23-19-7-6-18(21(24)12-19)15-26-10-8-16(9-11-26)14-25-22-13-20(22)17-4-2-1-3-5-17/h1-7,12,16,20,22,25H,8-11,13-15H2/t20-,22+/m0/s1. The zero-order valence-electron chi connectivity index (χ0n) is 15.0. The molecule has 0 bridgehead atoms. The highest BCUT2D eigenvalue weighted by atomic mass is 19.1. The minimum absolute atomic E-state index is 0.436. The molecule has 138 valence electrons. The van der Waals surface area contributed by atoms with Gasteiger partial charge in [-0.3, -0.25) is 4.90 Å². The van der Waals surface area contributed by atoms with E-state index in [1.165, 1.54) is 18.1 Å². The third-order valence-corrected chi connectivity index (χ3v) is 5.80. The number of hydrogen-bond donors (Lipinski definition) is 1. The van der Waals surface area contributed by atoms with Gasteiger partial charge in [0.1, 0.15) is 11.6 Å². The number of halogens is 2. The number of rotatable bonds is 6. The van der Waals surface area contributed by atoms with Gasteiger partial charge >= 0.3 is 0 Å². The summed E-state index contributed by atoms with van der Waals surface area (Å²) in [7, 11) is 0. The first kappa shape index (κ1) is 17.6. The van der Waals surface area contributed by atoms with Crippen molar-refractivity contribution in [2.24, 2.45) is 5.92 Å². The summed E-state index contributed by atoms with van der Waals surface area (Å²) in [6, 6.07) is 15.3. The molecule has 26 heavy (non-hydrogen) atoms. The average Bonchev–Trinajstić information content (AvgIpc) is 3.44. The van der Waals surface area contributed by atoms with Gasteiger partial charge in [-0.15, -0.1) is 0 Å². The lowest BCUT2D eigenvalue weighted by atomic mass is 9.96. The Balaban J connectivity index is 1.19. The molecule has 2 fully saturated rings. The molecule has 0 amide bonds. The zero-order chi connectivity index (χ0) is 17.9. The number of piperidine rings is 1. The van der Waals surface area contributed by atoms with E-state index in [9.17, 15) is 8.78 Å². The van der Waals surface area contributed by atoms with Crippen molar-refractivity contribution < 1.29 is 8.78 Å². The molecule has 2 nitrogen and oxygen atoms in total. The monoisotopic (exact) mass is 356 g/mol. The summed E-state index contributed by atoms with van der Waals surface area (Å²) in [5.74, 6) is 0.429. The van der Waals surface area contributed by atoms with Crippen molar-refractivity contribution >= 4 is 0 Å². The van der Waals surface area contributed by atoms with Crippen LogP contribution in [-0.2, 0) is 6.54 Å². The van der Waals surface area contributed by atoms with Gasteiger partial charge in [-0.2, -0.15) is 0 Å². The van der Waals surface area contributed by atoms with E-state index >= 15 is 0 Å². The average molecular weight is 356 g/mol. The van der Waals surface area contributed by atoms with Crippen molar-refractivity contribution in [2.45, 2.75) is 37.8 Å². The Morgan fingerprint density at radius 1 is 1.00 bits per heavy atom. The Hall–Kier alpha value is -1.78. The fraction of sp³-hybridized carbons (Fsp3) is 0.455. The molecule has 1 saturated carbocycles. The number of benzene rings is 2. The lowest BCUT2D eigenvalue weighted by Crippen LogP contribution is -2.37. The van der Waals surface area contributed by atoms with Crippen LogP contribution in [-0.4, -0.2) is 30.6 Å². The molecule has 0 aromatic heterocycles. The third kappa shape index (κ3) is 4.30. The second-order valence-corrected chi connectivity index (χ2v) is 7.72. The highest BCUT2D eigenvalue weighted by Crippen LogP contribution is 2.40. The molecule has 1 heterocycles. The lowest BCUT2D eigenvalue weighted by Gasteiger charge is -2.32. The second kappa shape index (κ2) is 7.85. The Morgan fingerprint density at radius 2 is 1.77 bits per heavy atom. The smallest absolute Gasteiger partial charge is 0.130 e. The molecule has 2 atom stereocenters. The van der Waals surface area contributed by atoms with Gasteiger partial charge in [-0.1, -0.05) is 36.4 Å². The minimum atomic E-state index is -0.509. The van der Waals surface area contributed by atoms with E-state index in [2.05, 4.69) is 40.5 Å². The Bertz CT molecular complexity index is 726. The van der Waals surface area contributed by atoms with Crippen LogP contribution in [0.25, 0.3) is 0 Å². The summed E-state index contributed by atoms with van der Waals surface area (Å²) in [5.41, 5.74) is 2.04. The SMILES string of the molecule is Fc1ccc(CN2CCC(CN[C@@H]3C[C@H]3c3ccccc3)CC2)c(F)c1. The topological polar surface area (TPSA) is 15.3 Å². The molecule has 1 N–H and O–H groups in total. The van der Waals surface area contributed by atoms with E-state index in [1.54, 1.807) is 6.07 Å². The molecule has 0 spiro atoms. The van der Waals surface area contributed by atoms with Crippen molar-refractivity contribution in [3.63, 3.8) is 0 Å². The quantitative estimate of drug-likeness (QED) is 0.829. The third-order valence-electron chi connectivity index (χ3n) is 5.80. The molecule has 2 aromatic carbocycles. The lowest BCUT2D eigenvalue weighted by molar-refractivity contribution is 0.173. The van der Waals surface area contributed by atoms with E-state index in [1.807, 2.05) is 0 Å². The zero-order valence-corrected chi connectivity index (χ0v) is 15.0. The van der Waals surface area contributed by atoms with Gasteiger partial charge in [0.15, 0.2) is 0 Å². The first-order chi connectivity index (χ1) is 12.7. The van der Waals surface area contributed by atoms with Crippen molar-refractivity contribution in [3.8, 4) is 0 Å². The first-order valence-electron chi connectivity index (χ1n) is 9.63. The van der Waals surface area contributed by atoms with Crippen LogP contribution in [0.4, 0.5) is 8.78 Å². The minimum Gasteiger partial charge on any atom is -0.313 e. The van der Waals surface area contributed by atoms with Gasteiger partial charge in [0.05, 0.1) is 0 Å². The molecule has 1 saturated heterocycles. The van der Waals surface area contributed by atoms with Crippen LogP contribution in [0.15, 0.2) is 48.5 Å². The van der Waals surface area contributed by atoms with Crippen LogP contribution in [0.2, 0.25) is 0 Å². The molecule has 4 heteroatoms. The Kier molecular flexibility index (Phi) is 5.32. The normalized spacial score (nSPS) is 23.9. The predicted octanol–water partition coefficient (Wildman–Crippen LogP) is 4.32. The van der Waals surface area contributed by atoms with E-state index in [-0.39, 0.29) is 0 Å². The summed E-state index contributed by atoms with van der Waals surface area (Å²) in [4.78, 5) is 2.27. The van der Waals surface area contributed by atoms with Crippen molar-refractivity contribution in [1.29, 1.82) is 0 Å². The van der Waals surface area contributed by atoms with Crippen molar-refractivity contribution in [2.75, 3.05) is 19.6 Å². The van der Waals surface area contributed by atoms with Crippen LogP contribution in [0.5, 0.6) is 0 Å². The number of hydrogen-bond acceptors (Lipinski definition) is 2. The van der Waals surface area contributed by atoms with Gasteiger partial charge < -0.3 is 5.32 Å². The second-order valence-electron chi connectivity index (χ2n) is 7.72. The molecule has 0 radical (unpaired) electrons. The Morgan fingerprint density at radius 3 is 2.50 bits per heavy atom. The van der Waals surface area contributed by atoms with Crippen LogP contribution < -0.4 is 5.32 Å². The van der Waals surface area contributed by atoms with Crippen LogP contribution in [0, 0.1) is 17.6 Å². The fourth-order valence-electron chi connectivity index (χ4n) is 4.05. The molecular formula is C22H26F2N2. The van der Waals surface area contributed by atoms with E-state index < -0.39 is 11.6 Å². The highest BCUT2D eigenvalue weighted by Gasteiger charge is 2.38. The summed E-state index contributed by atoms with van der Waals surface area (Å²) in [6.45, 7) is 3.61. The summed E-state index contributed by atoms with van der Waals surface area (Å²) >= 11 is 0. The van der Waals surface area contributed by atoms with Gasteiger partial charge in [0.25, 0.3) is 0 Å². The van der Waals surface area contributed by atoms with E-state index in [0.29, 0.717) is 30.0 Å². The largest absolute Gasteiger partial charge is 0.313 e. The summed E-state index contributed by atoms with van der Waals surface area (Å²) in [5, 5.41) is 3.73. The molecule has 1 aliphatic heterocycles. The summed E-state index contributed by atoms with van der Waals surface area (Å²) < 4.78 is 26.8. The van der Waals surface area contributed by atoms with E-state index in [0.717, 1.165) is 38.5 Å². The highest BCUT2D eigenvalue weighted by molar-refractivity contribution is 5.27. The number of nitrogens with one attached hydrogen (secondary N) is 1. The maximum Gasteiger partial charge on any atom is 0.130 e. The maximum atomic E-state index is 13.8. The maximum absolute atomic E-state index is 13.8. The van der Waals surface area contributed by atoms with Crippen LogP contribution in [0.1, 0.15) is 36.3 Å². The molecule has 2 aliphatic rings. The molecular weight excluding hydrogens is 330 g/mol. The fourth-order valence-corrected chi connectivity index (χ4v) is 4.05. The molecule has 4 rings (SSSR count). The van der Waals surface area contributed by atoms with Gasteiger partial charge in [0.2, 0.25) is 0 Å². The first-order valence-corrected chi connectivity index (χ1v) is 9.63. The number of likely N-dealkylation sites (tertiary alicyclic amines) is 1. The summed E-state index contributed by atoms with van der Waals surface area (Å²) in [6.07, 6.45) is 3.52. The number of nitrogens with zero attached hydrogens (tertiary/aromatic N) is 1. The molecule has 2 aromatic rings. The van der Waals surface area contributed by atoms with Gasteiger partial charge in [-0.25, -0.2) is 8.78 Å². The van der Waals surface area contributed by atoms with Gasteiger partial charge in [-0.05, 0) is 56.4 Å². The van der Waals surface area contributed by atoms with Gasteiger partial charge in [0, 0.05) is 30.1 Å². The van der Waals surface area contributed by atoms with Crippen LogP contribution >= 0.6 is 0 Å². The van der Waals surface area contributed by atoms with Crippen molar-refractivity contribution in [3.05, 3.63) is 71.3 Å². The predicted molar refractivity (Wildman–Crippen MR) is 99.9 cm³/mol. The molecule has 1 aliphatic carbocycles. The van der Waals surface area contributed by atoms with Crippen LogP contribution in [0.3, 0.4) is 0 Å². The van der Waals surface area contributed by atoms with Crippen molar-refractivity contribution in [1.82, 2.24) is 10.2 Å².